The summed E-state index contributed by atoms with van der Waals surface area (Å²) in [6, 6.07) is 0. The third-order valence-electron chi connectivity index (χ3n) is 3.48. The van der Waals surface area contributed by atoms with Crippen LogP contribution in [-0.4, -0.2) is 35.2 Å². The van der Waals surface area contributed by atoms with Crippen molar-refractivity contribution < 1.29 is 29.0 Å². The number of carbonyl (C=O) groups excluding carboxylic acids is 2. The summed E-state index contributed by atoms with van der Waals surface area (Å²) in [6.45, 7) is 8.59. The van der Waals surface area contributed by atoms with E-state index in [2.05, 4.69) is 0 Å². The first-order chi connectivity index (χ1) is 9.74. The summed E-state index contributed by atoms with van der Waals surface area (Å²) < 4.78 is 10.2. The van der Waals surface area contributed by atoms with Gasteiger partial charge in [0.2, 0.25) is 0 Å². The Kier molecular flexibility index (Phi) is 8.66. The molecule has 4 unspecified atom stereocenters. The second-order valence-corrected chi connectivity index (χ2v) is 5.29. The summed E-state index contributed by atoms with van der Waals surface area (Å²) in [5.74, 6) is -3.14. The molecule has 0 rings (SSSR count). The number of carbonyl (C=O) groups is 3. The molecule has 1 N–H and O–H groups in total. The van der Waals surface area contributed by atoms with Gasteiger partial charge in [-0.05, 0) is 26.7 Å². The van der Waals surface area contributed by atoms with Crippen molar-refractivity contribution in [2.24, 2.45) is 11.8 Å². The molecule has 0 saturated carbocycles. The van der Waals surface area contributed by atoms with Crippen LogP contribution < -0.4 is 0 Å². The number of hydrogen-bond acceptors (Lipinski definition) is 5. The molecule has 0 fully saturated rings. The number of carboxylic acids is 1. The third-order valence-corrected chi connectivity index (χ3v) is 3.48. The second-order valence-electron chi connectivity index (χ2n) is 5.29. The van der Waals surface area contributed by atoms with Gasteiger partial charge in [0.25, 0.3) is 0 Å². The molecule has 0 aliphatic carbocycles. The molecule has 122 valence electrons. The van der Waals surface area contributed by atoms with E-state index < -0.39 is 30.1 Å². The first-order valence-corrected chi connectivity index (χ1v) is 7.38. The quantitative estimate of drug-likeness (QED) is 0.658. The van der Waals surface area contributed by atoms with E-state index in [1.54, 1.807) is 20.8 Å². The topological polar surface area (TPSA) is 89.9 Å². The van der Waals surface area contributed by atoms with E-state index in [4.69, 9.17) is 14.6 Å². The van der Waals surface area contributed by atoms with Crippen LogP contribution in [0.2, 0.25) is 0 Å². The van der Waals surface area contributed by atoms with Gasteiger partial charge in [-0.2, -0.15) is 0 Å². The highest BCUT2D eigenvalue weighted by molar-refractivity contribution is 5.79. The molecule has 0 aliphatic rings. The predicted octanol–water partition coefficient (Wildman–Crippen LogP) is 2.40. The van der Waals surface area contributed by atoms with Crippen LogP contribution in [-0.2, 0) is 23.9 Å². The van der Waals surface area contributed by atoms with E-state index in [0.29, 0.717) is 12.8 Å². The molecule has 0 aromatic heterocycles. The van der Waals surface area contributed by atoms with Crippen molar-refractivity contribution in [3.8, 4) is 0 Å². The van der Waals surface area contributed by atoms with E-state index in [0.717, 1.165) is 0 Å². The predicted molar refractivity (Wildman–Crippen MR) is 76.6 cm³/mol. The zero-order chi connectivity index (χ0) is 16.6. The van der Waals surface area contributed by atoms with Crippen LogP contribution in [0.3, 0.4) is 0 Å². The first-order valence-electron chi connectivity index (χ1n) is 7.38. The molecule has 0 radical (unpaired) electrons. The fourth-order valence-electron chi connectivity index (χ4n) is 1.50. The first kappa shape index (κ1) is 19.4. The normalized spacial score (nSPS) is 16.4. The zero-order valence-corrected chi connectivity index (χ0v) is 13.4. The van der Waals surface area contributed by atoms with Crippen LogP contribution in [0.25, 0.3) is 0 Å². The van der Waals surface area contributed by atoms with Crippen molar-refractivity contribution in [3.05, 3.63) is 0 Å². The minimum absolute atomic E-state index is 0.234. The molecule has 0 aromatic rings. The lowest BCUT2D eigenvalue weighted by molar-refractivity contribution is -0.173. The average Bonchev–Trinajstić information content (AvgIpc) is 2.44. The van der Waals surface area contributed by atoms with Crippen molar-refractivity contribution >= 4 is 17.9 Å². The van der Waals surface area contributed by atoms with Gasteiger partial charge >= 0.3 is 17.9 Å². The molecule has 21 heavy (non-hydrogen) atoms. The molecule has 0 saturated heterocycles. The van der Waals surface area contributed by atoms with E-state index in [1.165, 1.54) is 0 Å². The highest BCUT2D eigenvalue weighted by Crippen LogP contribution is 2.15. The molecule has 0 heterocycles. The second kappa shape index (κ2) is 9.37. The number of aliphatic carboxylic acids is 1. The fraction of sp³-hybridized carbons (Fsp3) is 0.800. The lowest BCUT2D eigenvalue weighted by Gasteiger charge is -2.22. The Balaban J connectivity index is 4.54. The van der Waals surface area contributed by atoms with Crippen molar-refractivity contribution in [3.63, 3.8) is 0 Å². The van der Waals surface area contributed by atoms with Crippen molar-refractivity contribution in [1.29, 1.82) is 0 Å². The smallest absolute Gasteiger partial charge is 0.345 e. The van der Waals surface area contributed by atoms with Crippen LogP contribution >= 0.6 is 0 Å². The molecular formula is C15H26O6. The fourth-order valence-corrected chi connectivity index (χ4v) is 1.50. The largest absolute Gasteiger partial charge is 0.479 e. The van der Waals surface area contributed by atoms with Gasteiger partial charge in [-0.15, -0.1) is 0 Å². The lowest BCUT2D eigenvalue weighted by Crippen LogP contribution is -2.35. The van der Waals surface area contributed by atoms with Gasteiger partial charge in [0, 0.05) is 0 Å². The average molecular weight is 302 g/mol. The van der Waals surface area contributed by atoms with Crippen LogP contribution in [0.4, 0.5) is 0 Å². The molecule has 0 aliphatic heterocycles. The third kappa shape index (κ3) is 6.60. The molecule has 0 aromatic carbocycles. The van der Waals surface area contributed by atoms with Crippen LogP contribution in [0, 0.1) is 11.8 Å². The maximum atomic E-state index is 11.9. The SMILES string of the molecule is CCCC(OC(=O)C(C)C(C)OC(=O)C(C)CC)C(=O)O. The van der Waals surface area contributed by atoms with Crippen molar-refractivity contribution in [2.75, 3.05) is 0 Å². The monoisotopic (exact) mass is 302 g/mol. The summed E-state index contributed by atoms with van der Waals surface area (Å²) in [6.07, 6.45) is -0.300. The number of hydrogen-bond donors (Lipinski definition) is 1. The minimum Gasteiger partial charge on any atom is -0.479 e. The summed E-state index contributed by atoms with van der Waals surface area (Å²) in [7, 11) is 0. The van der Waals surface area contributed by atoms with Gasteiger partial charge in [-0.25, -0.2) is 4.79 Å². The van der Waals surface area contributed by atoms with E-state index in [-0.39, 0.29) is 18.3 Å². The Bertz CT molecular complexity index is 365. The van der Waals surface area contributed by atoms with Gasteiger partial charge in [-0.3, -0.25) is 9.59 Å². The maximum Gasteiger partial charge on any atom is 0.345 e. The van der Waals surface area contributed by atoms with Gasteiger partial charge < -0.3 is 14.6 Å². The molecule has 6 nitrogen and oxygen atoms in total. The molecular weight excluding hydrogens is 276 g/mol. The van der Waals surface area contributed by atoms with Gasteiger partial charge in [0.05, 0.1) is 11.8 Å². The summed E-state index contributed by atoms with van der Waals surface area (Å²) >= 11 is 0. The number of carboxylic acid groups (broad SMARTS) is 1. The molecule has 4 atom stereocenters. The minimum atomic E-state index is -1.17. The Hall–Kier alpha value is -1.59. The highest BCUT2D eigenvalue weighted by Gasteiger charge is 2.30. The van der Waals surface area contributed by atoms with E-state index in [9.17, 15) is 14.4 Å². The van der Waals surface area contributed by atoms with Gasteiger partial charge in [0.1, 0.15) is 6.10 Å². The molecule has 0 bridgehead atoms. The van der Waals surface area contributed by atoms with Crippen LogP contribution in [0.1, 0.15) is 53.9 Å². The van der Waals surface area contributed by atoms with E-state index in [1.807, 2.05) is 13.8 Å². The van der Waals surface area contributed by atoms with Crippen LogP contribution in [0.5, 0.6) is 0 Å². The summed E-state index contributed by atoms with van der Waals surface area (Å²) in [5.41, 5.74) is 0. The van der Waals surface area contributed by atoms with Crippen molar-refractivity contribution in [1.82, 2.24) is 0 Å². The Labute approximate surface area is 125 Å². The lowest BCUT2D eigenvalue weighted by atomic mass is 10.1. The number of esters is 2. The van der Waals surface area contributed by atoms with Crippen LogP contribution in [0.15, 0.2) is 0 Å². The zero-order valence-electron chi connectivity index (χ0n) is 13.4. The maximum absolute atomic E-state index is 11.9. The van der Waals surface area contributed by atoms with E-state index >= 15 is 0 Å². The number of ether oxygens (including phenoxy) is 2. The molecule has 6 heteroatoms. The summed E-state index contributed by atoms with van der Waals surface area (Å²) in [4.78, 5) is 34.6. The van der Waals surface area contributed by atoms with Gasteiger partial charge in [0.15, 0.2) is 6.10 Å². The standard InChI is InChI=1S/C15H26O6/c1-6-8-12(13(16)17)21-15(19)10(4)11(5)20-14(18)9(3)7-2/h9-12H,6-8H2,1-5H3,(H,16,17). The van der Waals surface area contributed by atoms with Crippen molar-refractivity contribution in [2.45, 2.75) is 66.1 Å². The molecule has 0 spiro atoms. The Morgan fingerprint density at radius 2 is 1.57 bits per heavy atom. The van der Waals surface area contributed by atoms with Gasteiger partial charge in [-0.1, -0.05) is 27.2 Å². The highest BCUT2D eigenvalue weighted by atomic mass is 16.6. The molecule has 0 amide bonds. The Morgan fingerprint density at radius 1 is 1.00 bits per heavy atom. The number of rotatable bonds is 9. The summed E-state index contributed by atoms with van der Waals surface area (Å²) in [5, 5.41) is 8.96. The Morgan fingerprint density at radius 3 is 2.00 bits per heavy atom.